The lowest BCUT2D eigenvalue weighted by atomic mass is 9.68. The monoisotopic (exact) mass is 607 g/mol. The Morgan fingerprint density at radius 2 is 2.00 bits per heavy atom. The van der Waals surface area contributed by atoms with Gasteiger partial charge in [0.05, 0.1) is 24.2 Å². The third kappa shape index (κ3) is 6.21. The van der Waals surface area contributed by atoms with Gasteiger partial charge in [-0.3, -0.25) is 14.3 Å². The van der Waals surface area contributed by atoms with E-state index >= 15 is 0 Å². The van der Waals surface area contributed by atoms with E-state index in [0.29, 0.717) is 30.4 Å². The molecular formula is C34H45N3O5S. The largest absolute Gasteiger partial charge is 0.490 e. The number of carbonyl (C=O) groups is 2. The number of ether oxygens (including phenoxy) is 2. The molecule has 0 aromatic heterocycles. The van der Waals surface area contributed by atoms with E-state index in [4.69, 9.17) is 9.47 Å². The molecule has 0 radical (unpaired) electrons. The average Bonchev–Trinajstić information content (AvgIpc) is 3.15. The lowest BCUT2D eigenvalue weighted by molar-refractivity contribution is -0.118. The van der Waals surface area contributed by atoms with Crippen LogP contribution in [0.15, 0.2) is 46.8 Å². The summed E-state index contributed by atoms with van der Waals surface area (Å²) in [5.74, 6) is 0.942. The number of fused-ring (bicyclic) bond motifs is 4. The highest BCUT2D eigenvalue weighted by molar-refractivity contribution is 7.92. The number of hydrogen-bond acceptors (Lipinski definition) is 6. The maximum atomic E-state index is 13.8. The molecular weight excluding hydrogens is 562 g/mol. The molecule has 2 aliphatic heterocycles. The van der Waals surface area contributed by atoms with Crippen molar-refractivity contribution in [1.82, 2.24) is 4.72 Å². The van der Waals surface area contributed by atoms with Crippen molar-refractivity contribution in [3.8, 4) is 5.75 Å². The molecule has 5 atom stereocenters. The summed E-state index contributed by atoms with van der Waals surface area (Å²) in [6, 6.07) is 14.2. The van der Waals surface area contributed by atoms with Crippen molar-refractivity contribution in [3.05, 3.63) is 59.2 Å². The summed E-state index contributed by atoms with van der Waals surface area (Å²) in [7, 11) is -1.43. The van der Waals surface area contributed by atoms with Crippen LogP contribution in [0.4, 0.5) is 5.69 Å². The van der Waals surface area contributed by atoms with E-state index in [-0.39, 0.29) is 29.6 Å². The summed E-state index contributed by atoms with van der Waals surface area (Å²) >= 11 is 0. The summed E-state index contributed by atoms with van der Waals surface area (Å²) in [5, 5.41) is 0. The predicted molar refractivity (Wildman–Crippen MR) is 169 cm³/mol. The van der Waals surface area contributed by atoms with E-state index in [1.165, 1.54) is 11.1 Å². The Morgan fingerprint density at radius 1 is 1.14 bits per heavy atom. The molecule has 1 saturated carbocycles. The molecule has 9 heteroatoms. The van der Waals surface area contributed by atoms with Crippen LogP contribution in [0.2, 0.25) is 0 Å². The Hall–Kier alpha value is -2.91. The van der Waals surface area contributed by atoms with Gasteiger partial charge in [-0.2, -0.15) is 0 Å². The summed E-state index contributed by atoms with van der Waals surface area (Å²) < 4.78 is 33.2. The van der Waals surface area contributed by atoms with Crippen LogP contribution >= 0.6 is 0 Å². The second-order valence-electron chi connectivity index (χ2n) is 12.9. The first-order valence-electron chi connectivity index (χ1n) is 16.1. The van der Waals surface area contributed by atoms with Crippen molar-refractivity contribution in [1.29, 1.82) is 0 Å². The van der Waals surface area contributed by atoms with E-state index in [2.05, 4.69) is 38.3 Å². The lowest BCUT2D eigenvalue weighted by Gasteiger charge is -2.46. The zero-order valence-corrected chi connectivity index (χ0v) is 26.3. The zero-order chi connectivity index (χ0) is 30.0. The number of carbonyl (C=O) groups excluding carboxylic acids is 2. The molecule has 6 rings (SSSR count). The van der Waals surface area contributed by atoms with E-state index in [9.17, 15) is 13.8 Å². The SMILES string of the molecule is CCC(=O)NS1(=O)=NC(=O)c2ccc3c(c2)N(C[C@@H]2CC[C@H]2[C@@H](OC)CCCCC1)C[C@@]1(CCCc2ccccc21)CO3. The second-order valence-corrected chi connectivity index (χ2v) is 15.0. The highest BCUT2D eigenvalue weighted by Crippen LogP contribution is 2.47. The summed E-state index contributed by atoms with van der Waals surface area (Å²) in [6.07, 6.45) is 9.24. The van der Waals surface area contributed by atoms with Crippen molar-refractivity contribution >= 4 is 27.4 Å². The number of amides is 2. The first-order chi connectivity index (χ1) is 20.8. The summed E-state index contributed by atoms with van der Waals surface area (Å²) in [4.78, 5) is 28.3. The van der Waals surface area contributed by atoms with Gasteiger partial charge in [0.25, 0.3) is 5.91 Å². The number of benzene rings is 2. The minimum absolute atomic E-state index is 0.149. The van der Waals surface area contributed by atoms with Gasteiger partial charge in [0.15, 0.2) is 0 Å². The quantitative estimate of drug-likeness (QED) is 0.472. The number of nitrogens with one attached hydrogen (secondary N) is 1. The molecule has 8 nitrogen and oxygen atoms in total. The van der Waals surface area contributed by atoms with E-state index in [1.807, 2.05) is 19.2 Å². The molecule has 2 bridgehead atoms. The molecule has 2 amide bonds. The highest BCUT2D eigenvalue weighted by Gasteiger charge is 2.44. The Bertz CT molecular complexity index is 1480. The van der Waals surface area contributed by atoms with Gasteiger partial charge >= 0.3 is 0 Å². The first kappa shape index (κ1) is 30.1. The predicted octanol–water partition coefficient (Wildman–Crippen LogP) is 5.82. The summed E-state index contributed by atoms with van der Waals surface area (Å²) in [6.45, 7) is 3.95. The third-order valence-electron chi connectivity index (χ3n) is 10.2. The fourth-order valence-electron chi connectivity index (χ4n) is 7.69. The van der Waals surface area contributed by atoms with Gasteiger partial charge in [-0.25, -0.2) is 4.21 Å². The zero-order valence-electron chi connectivity index (χ0n) is 25.5. The lowest BCUT2D eigenvalue weighted by Crippen LogP contribution is -2.49. The molecule has 1 unspecified atom stereocenters. The van der Waals surface area contributed by atoms with Crippen LogP contribution in [0.1, 0.15) is 86.2 Å². The van der Waals surface area contributed by atoms with Crippen LogP contribution in [-0.4, -0.2) is 54.7 Å². The molecule has 232 valence electrons. The van der Waals surface area contributed by atoms with Crippen molar-refractivity contribution < 1.29 is 23.3 Å². The minimum atomic E-state index is -3.25. The third-order valence-corrected chi connectivity index (χ3v) is 12.0. The minimum Gasteiger partial charge on any atom is -0.490 e. The van der Waals surface area contributed by atoms with Crippen LogP contribution in [0, 0.1) is 11.8 Å². The number of rotatable bonds is 3. The van der Waals surface area contributed by atoms with Crippen LogP contribution in [0.25, 0.3) is 0 Å². The topological polar surface area (TPSA) is 97.3 Å². The molecule has 2 aromatic carbocycles. The number of methoxy groups -OCH3 is 1. The number of aryl methyl sites for hydroxylation is 1. The van der Waals surface area contributed by atoms with Gasteiger partial charge in [0, 0.05) is 37.6 Å². The molecule has 2 aromatic rings. The Morgan fingerprint density at radius 3 is 2.79 bits per heavy atom. The Kier molecular flexibility index (Phi) is 8.83. The Balaban J connectivity index is 1.42. The van der Waals surface area contributed by atoms with E-state index in [0.717, 1.165) is 75.9 Å². The van der Waals surface area contributed by atoms with Crippen molar-refractivity contribution in [2.45, 2.75) is 82.7 Å². The van der Waals surface area contributed by atoms with Crippen LogP contribution in [0.5, 0.6) is 5.75 Å². The maximum absolute atomic E-state index is 13.8. The van der Waals surface area contributed by atoms with Crippen LogP contribution in [-0.2, 0) is 31.3 Å². The molecule has 1 spiro atoms. The maximum Gasteiger partial charge on any atom is 0.286 e. The van der Waals surface area contributed by atoms with Crippen molar-refractivity contribution in [2.24, 2.45) is 16.2 Å². The molecule has 1 N–H and O–H groups in total. The first-order valence-corrected chi connectivity index (χ1v) is 17.7. The average molecular weight is 608 g/mol. The van der Waals surface area contributed by atoms with Gasteiger partial charge in [-0.15, -0.1) is 4.36 Å². The Labute approximate surface area is 256 Å². The normalized spacial score (nSPS) is 31.0. The second kappa shape index (κ2) is 12.6. The number of anilines is 1. The standard InChI is InChI=1S/C34H45N3O5S/c1-3-32(38)35-43(40)19-8-4-5-13-30(41-2)27-16-14-26(27)21-37-22-34(18-9-11-24-10-6-7-12-28(24)34)23-42-31-17-15-25(20-29(31)37)33(39)36-43/h6-7,10,12,15,17,20,26-27,30H,3-5,8-9,11,13-14,16,18-19,21-23H2,1-2H3,(H,35,36,38,39,40)/t26-,27+,30-,34-,43?/m0/s1. The van der Waals surface area contributed by atoms with Crippen molar-refractivity contribution in [3.63, 3.8) is 0 Å². The molecule has 0 saturated heterocycles. The van der Waals surface area contributed by atoms with Gasteiger partial charge in [-0.1, -0.05) is 44.0 Å². The molecule has 2 aliphatic carbocycles. The van der Waals surface area contributed by atoms with E-state index in [1.54, 1.807) is 13.0 Å². The smallest absolute Gasteiger partial charge is 0.286 e. The van der Waals surface area contributed by atoms with Gasteiger partial charge < -0.3 is 14.4 Å². The highest BCUT2D eigenvalue weighted by atomic mass is 32.2. The molecule has 1 fully saturated rings. The number of nitrogens with zero attached hydrogens (tertiary/aromatic N) is 2. The summed E-state index contributed by atoms with van der Waals surface area (Å²) in [5.41, 5.74) is 3.87. The fraction of sp³-hybridized carbons (Fsp3) is 0.588. The van der Waals surface area contributed by atoms with Crippen LogP contribution < -0.4 is 14.4 Å². The van der Waals surface area contributed by atoms with Gasteiger partial charge in [0.1, 0.15) is 15.7 Å². The number of hydrogen-bond donors (Lipinski definition) is 1. The van der Waals surface area contributed by atoms with Gasteiger partial charge in [0.2, 0.25) is 5.91 Å². The molecule has 43 heavy (non-hydrogen) atoms. The molecule has 4 aliphatic rings. The van der Waals surface area contributed by atoms with Crippen LogP contribution in [0.3, 0.4) is 0 Å². The fourth-order valence-corrected chi connectivity index (χ4v) is 9.40. The van der Waals surface area contributed by atoms with Gasteiger partial charge in [-0.05, 0) is 86.1 Å². The van der Waals surface area contributed by atoms with Crippen molar-refractivity contribution in [2.75, 3.05) is 37.5 Å². The van der Waals surface area contributed by atoms with E-state index < -0.39 is 15.8 Å². The molecule has 2 heterocycles.